The Kier molecular flexibility index (Phi) is 6.40. The summed E-state index contributed by atoms with van der Waals surface area (Å²) in [4.78, 5) is -0.262. The number of sulfonamides is 1. The van der Waals surface area contributed by atoms with E-state index < -0.39 is 15.8 Å². The maximum atomic E-state index is 13.8. The molecule has 1 saturated heterocycles. The smallest absolute Gasteiger partial charge is 0.245 e. The minimum atomic E-state index is -3.74. The summed E-state index contributed by atoms with van der Waals surface area (Å²) in [5.74, 6) is -0.364. The van der Waals surface area contributed by atoms with E-state index in [2.05, 4.69) is 15.9 Å². The van der Waals surface area contributed by atoms with Crippen LogP contribution in [0, 0.1) is 11.7 Å². The molecule has 1 aliphatic rings. The zero-order valence-corrected chi connectivity index (χ0v) is 14.0. The van der Waals surface area contributed by atoms with Gasteiger partial charge in [-0.2, -0.15) is 4.31 Å². The summed E-state index contributed by atoms with van der Waals surface area (Å²) in [7, 11) is -3.74. The molecule has 8 heteroatoms. The SMILES string of the molecule is Cl.NCC1CCN(S(=O)(=O)c2ccc(Br)cc2F)CC1. The average Bonchev–Trinajstić information content (AvgIpc) is 2.38. The highest BCUT2D eigenvalue weighted by Crippen LogP contribution is 2.26. The quantitative estimate of drug-likeness (QED) is 0.866. The van der Waals surface area contributed by atoms with Gasteiger partial charge in [0.05, 0.1) is 0 Å². The molecule has 2 rings (SSSR count). The van der Waals surface area contributed by atoms with E-state index in [1.807, 2.05) is 0 Å². The highest BCUT2D eigenvalue weighted by Gasteiger charge is 2.30. The van der Waals surface area contributed by atoms with Crippen molar-refractivity contribution in [2.24, 2.45) is 11.7 Å². The summed E-state index contributed by atoms with van der Waals surface area (Å²) in [6.45, 7) is 1.37. The summed E-state index contributed by atoms with van der Waals surface area (Å²) < 4.78 is 40.4. The van der Waals surface area contributed by atoms with Crippen LogP contribution in [-0.2, 0) is 10.0 Å². The predicted molar refractivity (Wildman–Crippen MR) is 81.9 cm³/mol. The van der Waals surface area contributed by atoms with Gasteiger partial charge in [-0.3, -0.25) is 0 Å². The van der Waals surface area contributed by atoms with Crippen molar-refractivity contribution in [3.63, 3.8) is 0 Å². The number of nitrogens with two attached hydrogens (primary N) is 1. The molecule has 0 amide bonds. The fourth-order valence-electron chi connectivity index (χ4n) is 2.21. The van der Waals surface area contributed by atoms with Gasteiger partial charge >= 0.3 is 0 Å². The number of hydrogen-bond acceptors (Lipinski definition) is 3. The van der Waals surface area contributed by atoms with Crippen LogP contribution in [0.1, 0.15) is 12.8 Å². The van der Waals surface area contributed by atoms with E-state index >= 15 is 0 Å². The molecule has 0 spiro atoms. The Morgan fingerprint density at radius 2 is 1.95 bits per heavy atom. The molecule has 1 aromatic carbocycles. The third kappa shape index (κ3) is 3.71. The third-order valence-corrected chi connectivity index (χ3v) is 5.84. The van der Waals surface area contributed by atoms with Gasteiger partial charge in [0.1, 0.15) is 10.7 Å². The van der Waals surface area contributed by atoms with Crippen molar-refractivity contribution in [1.82, 2.24) is 4.31 Å². The molecular formula is C12H17BrClFN2O2S. The second-order valence-electron chi connectivity index (χ2n) is 4.66. The van der Waals surface area contributed by atoms with E-state index in [1.165, 1.54) is 22.5 Å². The first-order chi connectivity index (χ1) is 8.95. The topological polar surface area (TPSA) is 63.4 Å². The molecule has 0 bridgehead atoms. The van der Waals surface area contributed by atoms with Crippen LogP contribution in [0.5, 0.6) is 0 Å². The Balaban J connectivity index is 0.00000200. The average molecular weight is 388 g/mol. The van der Waals surface area contributed by atoms with E-state index in [0.717, 1.165) is 12.8 Å². The summed E-state index contributed by atoms with van der Waals surface area (Å²) >= 11 is 3.11. The molecule has 20 heavy (non-hydrogen) atoms. The third-order valence-electron chi connectivity index (χ3n) is 3.42. The Morgan fingerprint density at radius 3 is 2.45 bits per heavy atom. The van der Waals surface area contributed by atoms with Gasteiger partial charge in [0, 0.05) is 17.6 Å². The highest BCUT2D eigenvalue weighted by molar-refractivity contribution is 9.10. The minimum absolute atomic E-state index is 0. The molecular weight excluding hydrogens is 371 g/mol. The van der Waals surface area contributed by atoms with Crippen LogP contribution in [0.3, 0.4) is 0 Å². The molecule has 0 atom stereocenters. The molecule has 1 aromatic rings. The van der Waals surface area contributed by atoms with Crippen molar-refractivity contribution >= 4 is 38.4 Å². The number of rotatable bonds is 3. The zero-order valence-electron chi connectivity index (χ0n) is 10.8. The van der Waals surface area contributed by atoms with Crippen LogP contribution in [-0.4, -0.2) is 32.4 Å². The standard InChI is InChI=1S/C12H16BrFN2O2S.ClH/c13-10-1-2-12(11(14)7-10)19(17,18)16-5-3-9(8-15)4-6-16;/h1-2,7,9H,3-6,8,15H2;1H. The second-order valence-corrected chi connectivity index (χ2v) is 7.48. The fraction of sp³-hybridized carbons (Fsp3) is 0.500. The monoisotopic (exact) mass is 386 g/mol. The summed E-state index contributed by atoms with van der Waals surface area (Å²) in [6.07, 6.45) is 1.46. The molecule has 1 aliphatic heterocycles. The van der Waals surface area contributed by atoms with Crippen LogP contribution in [0.15, 0.2) is 27.6 Å². The summed E-state index contributed by atoms with van der Waals surface area (Å²) in [5, 5.41) is 0. The molecule has 0 aliphatic carbocycles. The van der Waals surface area contributed by atoms with Crippen LogP contribution in [0.25, 0.3) is 0 Å². The lowest BCUT2D eigenvalue weighted by Crippen LogP contribution is -2.40. The summed E-state index contributed by atoms with van der Waals surface area (Å²) in [5.41, 5.74) is 5.58. The van der Waals surface area contributed by atoms with Gasteiger partial charge in [0.15, 0.2) is 0 Å². The van der Waals surface area contributed by atoms with Crippen molar-refractivity contribution in [2.45, 2.75) is 17.7 Å². The lowest BCUT2D eigenvalue weighted by atomic mass is 9.99. The maximum Gasteiger partial charge on any atom is 0.245 e. The first kappa shape index (κ1) is 17.8. The van der Waals surface area contributed by atoms with Crippen molar-refractivity contribution < 1.29 is 12.8 Å². The molecule has 1 fully saturated rings. The van der Waals surface area contributed by atoms with E-state index in [0.29, 0.717) is 30.0 Å². The van der Waals surface area contributed by atoms with Gasteiger partial charge in [-0.05, 0) is 43.5 Å². The summed E-state index contributed by atoms with van der Waals surface area (Å²) in [6, 6.07) is 3.99. The molecule has 1 heterocycles. The predicted octanol–water partition coefficient (Wildman–Crippen LogP) is 2.37. The molecule has 4 nitrogen and oxygen atoms in total. The lowest BCUT2D eigenvalue weighted by Gasteiger charge is -2.30. The van der Waals surface area contributed by atoms with Gasteiger partial charge in [-0.25, -0.2) is 12.8 Å². The Morgan fingerprint density at radius 1 is 1.35 bits per heavy atom. The number of halogens is 3. The first-order valence-electron chi connectivity index (χ1n) is 6.10. The Hall–Kier alpha value is -0.210. The van der Waals surface area contributed by atoms with E-state index in [4.69, 9.17) is 5.73 Å². The van der Waals surface area contributed by atoms with Gasteiger partial charge in [0.25, 0.3) is 0 Å². The van der Waals surface area contributed by atoms with Gasteiger partial charge in [-0.1, -0.05) is 15.9 Å². The van der Waals surface area contributed by atoms with Crippen molar-refractivity contribution in [3.05, 3.63) is 28.5 Å². The molecule has 0 aromatic heterocycles. The zero-order chi connectivity index (χ0) is 14.0. The number of benzene rings is 1. The molecule has 114 valence electrons. The Labute approximate surface area is 133 Å². The fourth-order valence-corrected chi connectivity index (χ4v) is 4.06. The second kappa shape index (κ2) is 7.17. The first-order valence-corrected chi connectivity index (χ1v) is 8.33. The van der Waals surface area contributed by atoms with Crippen LogP contribution in [0.2, 0.25) is 0 Å². The van der Waals surface area contributed by atoms with Crippen molar-refractivity contribution in [1.29, 1.82) is 0 Å². The molecule has 0 unspecified atom stereocenters. The normalized spacial score (nSPS) is 17.8. The molecule has 0 saturated carbocycles. The number of nitrogens with zero attached hydrogens (tertiary/aromatic N) is 1. The van der Waals surface area contributed by atoms with Crippen LogP contribution < -0.4 is 5.73 Å². The maximum absolute atomic E-state index is 13.8. The van der Waals surface area contributed by atoms with E-state index in [9.17, 15) is 12.8 Å². The minimum Gasteiger partial charge on any atom is -0.330 e. The molecule has 0 radical (unpaired) electrons. The number of piperidine rings is 1. The molecule has 2 N–H and O–H groups in total. The number of hydrogen-bond donors (Lipinski definition) is 1. The largest absolute Gasteiger partial charge is 0.330 e. The van der Waals surface area contributed by atoms with Crippen LogP contribution >= 0.6 is 28.3 Å². The van der Waals surface area contributed by atoms with Crippen molar-refractivity contribution in [3.8, 4) is 0 Å². The lowest BCUT2D eigenvalue weighted by molar-refractivity contribution is 0.278. The van der Waals surface area contributed by atoms with Gasteiger partial charge < -0.3 is 5.73 Å². The van der Waals surface area contributed by atoms with Crippen LogP contribution in [0.4, 0.5) is 4.39 Å². The highest BCUT2D eigenvalue weighted by atomic mass is 79.9. The Bertz CT molecular complexity index is 563. The van der Waals surface area contributed by atoms with Gasteiger partial charge in [0.2, 0.25) is 10.0 Å². The van der Waals surface area contributed by atoms with E-state index in [-0.39, 0.29) is 17.3 Å². The van der Waals surface area contributed by atoms with Crippen molar-refractivity contribution in [2.75, 3.05) is 19.6 Å². The van der Waals surface area contributed by atoms with E-state index in [1.54, 1.807) is 0 Å². The van der Waals surface area contributed by atoms with Gasteiger partial charge in [-0.15, -0.1) is 12.4 Å².